The molecule has 0 saturated heterocycles. The fraction of sp³-hybridized carbons (Fsp3) is 0.0435. The third kappa shape index (κ3) is 4.50. The Balaban J connectivity index is 1.60. The molecule has 4 rings (SSSR count). The molecular formula is C23H14ClFN2O5. The predicted molar refractivity (Wildman–Crippen MR) is 116 cm³/mol. The van der Waals surface area contributed by atoms with Gasteiger partial charge in [0.15, 0.2) is 5.70 Å². The Morgan fingerprint density at radius 2 is 1.88 bits per heavy atom. The maximum Gasteiger partial charge on any atom is 0.363 e. The van der Waals surface area contributed by atoms with E-state index in [9.17, 15) is 19.3 Å². The van der Waals surface area contributed by atoms with E-state index < -0.39 is 10.9 Å². The van der Waals surface area contributed by atoms with Crippen molar-refractivity contribution in [1.29, 1.82) is 0 Å². The summed E-state index contributed by atoms with van der Waals surface area (Å²) in [6.45, 7) is 0.00419. The van der Waals surface area contributed by atoms with Crippen molar-refractivity contribution in [1.82, 2.24) is 0 Å². The van der Waals surface area contributed by atoms with Gasteiger partial charge in [-0.3, -0.25) is 10.1 Å². The fourth-order valence-electron chi connectivity index (χ4n) is 2.96. The average Bonchev–Trinajstić information content (AvgIpc) is 3.13. The van der Waals surface area contributed by atoms with E-state index in [1.54, 1.807) is 42.5 Å². The van der Waals surface area contributed by atoms with Gasteiger partial charge in [0.05, 0.1) is 15.5 Å². The average molecular weight is 453 g/mol. The molecule has 3 aromatic carbocycles. The summed E-state index contributed by atoms with van der Waals surface area (Å²) in [5.74, 6) is -0.728. The van der Waals surface area contributed by atoms with E-state index in [1.807, 2.05) is 0 Å². The van der Waals surface area contributed by atoms with Crippen LogP contribution in [0.25, 0.3) is 6.08 Å². The van der Waals surface area contributed by atoms with Crippen LogP contribution in [-0.2, 0) is 16.1 Å². The van der Waals surface area contributed by atoms with E-state index in [2.05, 4.69) is 4.99 Å². The Bertz CT molecular complexity index is 1290. The van der Waals surface area contributed by atoms with Crippen molar-refractivity contribution in [2.24, 2.45) is 4.99 Å². The molecule has 0 spiro atoms. The second-order valence-corrected chi connectivity index (χ2v) is 7.08. The van der Waals surface area contributed by atoms with E-state index in [0.717, 1.165) is 6.07 Å². The van der Waals surface area contributed by atoms with Gasteiger partial charge >= 0.3 is 5.97 Å². The number of hydrogen-bond donors (Lipinski definition) is 0. The van der Waals surface area contributed by atoms with Crippen molar-refractivity contribution in [3.63, 3.8) is 0 Å². The molecule has 0 radical (unpaired) electrons. The number of halogens is 2. The van der Waals surface area contributed by atoms with Crippen LogP contribution in [0, 0.1) is 15.9 Å². The number of nitro benzene ring substituents is 1. The summed E-state index contributed by atoms with van der Waals surface area (Å²) < 4.78 is 24.8. The molecule has 0 aromatic heterocycles. The van der Waals surface area contributed by atoms with Crippen molar-refractivity contribution in [2.45, 2.75) is 6.61 Å². The maximum atomic E-state index is 13.9. The summed E-state index contributed by atoms with van der Waals surface area (Å²) >= 11 is 6.10. The van der Waals surface area contributed by atoms with E-state index in [0.29, 0.717) is 16.9 Å². The minimum atomic E-state index is -0.710. The second kappa shape index (κ2) is 8.99. The van der Waals surface area contributed by atoms with E-state index in [1.165, 1.54) is 24.3 Å². The number of non-ortho nitro benzene ring substituents is 1. The number of para-hydroxylation sites is 1. The Morgan fingerprint density at radius 1 is 1.12 bits per heavy atom. The molecule has 32 heavy (non-hydrogen) atoms. The largest absolute Gasteiger partial charge is 0.488 e. The minimum Gasteiger partial charge on any atom is -0.488 e. The van der Waals surface area contributed by atoms with Crippen LogP contribution < -0.4 is 4.74 Å². The summed E-state index contributed by atoms with van der Waals surface area (Å²) in [4.78, 5) is 26.8. The number of aliphatic imine (C=N–C) groups is 1. The highest BCUT2D eigenvalue weighted by atomic mass is 35.5. The van der Waals surface area contributed by atoms with Gasteiger partial charge in [0.25, 0.3) is 5.69 Å². The zero-order valence-corrected chi connectivity index (χ0v) is 17.1. The summed E-state index contributed by atoms with van der Waals surface area (Å²) in [5, 5.41) is 10.9. The zero-order chi connectivity index (χ0) is 22.7. The van der Waals surface area contributed by atoms with Gasteiger partial charge in [-0.15, -0.1) is 0 Å². The first-order valence-corrected chi connectivity index (χ1v) is 9.72. The van der Waals surface area contributed by atoms with E-state index >= 15 is 0 Å². The molecule has 0 amide bonds. The topological polar surface area (TPSA) is 91.0 Å². The highest BCUT2D eigenvalue weighted by Crippen LogP contribution is 2.29. The van der Waals surface area contributed by atoms with Gasteiger partial charge < -0.3 is 9.47 Å². The minimum absolute atomic E-state index is 0.00337. The van der Waals surface area contributed by atoms with Gasteiger partial charge in [-0.25, -0.2) is 14.2 Å². The first kappa shape index (κ1) is 21.2. The number of nitro groups is 1. The number of hydrogen-bond acceptors (Lipinski definition) is 6. The van der Waals surface area contributed by atoms with Gasteiger partial charge in [0.2, 0.25) is 5.90 Å². The molecule has 7 nitrogen and oxygen atoms in total. The highest BCUT2D eigenvalue weighted by molar-refractivity contribution is 6.34. The monoisotopic (exact) mass is 452 g/mol. The number of benzene rings is 3. The van der Waals surface area contributed by atoms with E-state index in [-0.39, 0.29) is 40.3 Å². The Labute approximate surface area is 186 Å². The van der Waals surface area contributed by atoms with Gasteiger partial charge in [-0.1, -0.05) is 48.0 Å². The summed E-state index contributed by atoms with van der Waals surface area (Å²) in [6, 6.07) is 16.9. The van der Waals surface area contributed by atoms with Crippen molar-refractivity contribution in [3.05, 3.63) is 110 Å². The van der Waals surface area contributed by atoms with E-state index in [4.69, 9.17) is 21.1 Å². The summed E-state index contributed by atoms with van der Waals surface area (Å²) in [7, 11) is 0. The summed E-state index contributed by atoms with van der Waals surface area (Å²) in [5.41, 5.74) is 0.980. The van der Waals surface area contributed by atoms with Crippen molar-refractivity contribution >= 4 is 35.2 Å². The molecule has 0 aliphatic carbocycles. The molecule has 1 heterocycles. The number of rotatable bonds is 6. The molecule has 9 heteroatoms. The molecule has 0 bridgehead atoms. The lowest BCUT2D eigenvalue weighted by Gasteiger charge is -2.10. The number of esters is 1. The number of carbonyl (C=O) groups is 1. The molecule has 160 valence electrons. The molecule has 0 unspecified atom stereocenters. The van der Waals surface area contributed by atoms with Gasteiger partial charge in [-0.05, 0) is 24.3 Å². The third-order valence-electron chi connectivity index (χ3n) is 4.57. The Hall–Kier alpha value is -4.04. The number of cyclic esters (lactones) is 1. The van der Waals surface area contributed by atoms with Gasteiger partial charge in [0.1, 0.15) is 18.2 Å². The molecule has 0 N–H and O–H groups in total. The molecular weight excluding hydrogens is 439 g/mol. The van der Waals surface area contributed by atoms with Crippen LogP contribution in [0.15, 0.2) is 77.4 Å². The molecule has 0 fully saturated rings. The first-order chi connectivity index (χ1) is 15.4. The van der Waals surface area contributed by atoms with Crippen LogP contribution in [-0.4, -0.2) is 16.8 Å². The van der Waals surface area contributed by atoms with Crippen LogP contribution in [0.2, 0.25) is 5.02 Å². The van der Waals surface area contributed by atoms with Crippen molar-refractivity contribution in [2.75, 3.05) is 0 Å². The number of carbonyl (C=O) groups excluding carboxylic acids is 1. The molecule has 1 aliphatic heterocycles. The Morgan fingerprint density at radius 3 is 2.62 bits per heavy atom. The smallest absolute Gasteiger partial charge is 0.363 e. The predicted octanol–water partition coefficient (Wildman–Crippen LogP) is 5.31. The lowest BCUT2D eigenvalue weighted by atomic mass is 10.1. The van der Waals surface area contributed by atoms with Crippen LogP contribution in [0.4, 0.5) is 10.1 Å². The Kier molecular flexibility index (Phi) is 5.96. The zero-order valence-electron chi connectivity index (χ0n) is 16.3. The number of nitrogens with zero attached hydrogens (tertiary/aromatic N) is 2. The quantitative estimate of drug-likeness (QED) is 0.219. The normalized spacial score (nSPS) is 14.2. The molecule has 0 saturated carbocycles. The SMILES string of the molecule is O=C1OC(c2ccc([N+](=O)[O-])cc2Cl)=N/C1=C\c1ccccc1OCc1ccccc1F. The van der Waals surface area contributed by atoms with Crippen molar-refractivity contribution < 1.29 is 23.6 Å². The van der Waals surface area contributed by atoms with Gasteiger partial charge in [-0.2, -0.15) is 0 Å². The van der Waals surface area contributed by atoms with Gasteiger partial charge in [0, 0.05) is 23.3 Å². The number of ether oxygens (including phenoxy) is 2. The molecule has 0 atom stereocenters. The highest BCUT2D eigenvalue weighted by Gasteiger charge is 2.27. The second-order valence-electron chi connectivity index (χ2n) is 6.68. The standard InChI is InChI=1S/C23H14ClFN2O5/c24-18-12-16(27(29)30)9-10-17(18)22-26-20(23(28)32-22)11-14-5-2-4-8-21(14)31-13-15-6-1-3-7-19(15)25/h1-12H,13H2/b20-11-. The maximum absolute atomic E-state index is 13.9. The lowest BCUT2D eigenvalue weighted by molar-refractivity contribution is -0.384. The van der Waals surface area contributed by atoms with Crippen LogP contribution >= 0.6 is 11.6 Å². The van der Waals surface area contributed by atoms with Crippen LogP contribution in [0.3, 0.4) is 0 Å². The fourth-order valence-corrected chi connectivity index (χ4v) is 3.22. The first-order valence-electron chi connectivity index (χ1n) is 9.34. The van der Waals surface area contributed by atoms with Crippen molar-refractivity contribution in [3.8, 4) is 5.75 Å². The molecule has 1 aliphatic rings. The third-order valence-corrected chi connectivity index (χ3v) is 4.88. The lowest BCUT2D eigenvalue weighted by Crippen LogP contribution is -2.06. The molecule has 3 aromatic rings. The summed E-state index contributed by atoms with van der Waals surface area (Å²) in [6.07, 6.45) is 1.48. The van der Waals surface area contributed by atoms with Crippen LogP contribution in [0.5, 0.6) is 5.75 Å². The van der Waals surface area contributed by atoms with Crippen LogP contribution in [0.1, 0.15) is 16.7 Å².